The molecule has 3 nitrogen and oxygen atoms in total. The molecule has 0 bridgehead atoms. The highest BCUT2D eigenvalue weighted by atomic mass is 16.5. The van der Waals surface area contributed by atoms with E-state index >= 15 is 0 Å². The van der Waals surface area contributed by atoms with Crippen LogP contribution in [0.4, 0.5) is 0 Å². The fraction of sp³-hybridized carbons (Fsp3) is 0.400. The number of benzene rings is 1. The number of likely N-dealkylation sites (N-methyl/N-ethyl adjacent to an activating group) is 1. The third kappa shape index (κ3) is 2.79. The number of pyridine rings is 1. The molecular formula is C15H20N2O. The molecular weight excluding hydrogens is 224 g/mol. The van der Waals surface area contributed by atoms with Crippen LogP contribution in [0.25, 0.3) is 10.9 Å². The average molecular weight is 244 g/mol. The van der Waals surface area contributed by atoms with Crippen LogP contribution in [0.5, 0.6) is 5.75 Å². The van der Waals surface area contributed by atoms with Crippen molar-refractivity contribution in [2.24, 2.45) is 0 Å². The van der Waals surface area contributed by atoms with Gasteiger partial charge in [0.1, 0.15) is 11.4 Å². The number of fused-ring (bicyclic) bond motifs is 1. The van der Waals surface area contributed by atoms with Gasteiger partial charge in [-0.05, 0) is 38.6 Å². The topological polar surface area (TPSA) is 34.1 Å². The Kier molecular flexibility index (Phi) is 3.82. The maximum Gasteiger partial charge on any atom is 0.122 e. The Morgan fingerprint density at radius 3 is 2.89 bits per heavy atom. The maximum absolute atomic E-state index is 6.10. The van der Waals surface area contributed by atoms with E-state index in [0.29, 0.717) is 0 Å². The molecule has 1 aromatic carbocycles. The quantitative estimate of drug-likeness (QED) is 0.878. The van der Waals surface area contributed by atoms with Crippen molar-refractivity contribution in [3.63, 3.8) is 0 Å². The summed E-state index contributed by atoms with van der Waals surface area (Å²) in [7, 11) is 1.94. The molecule has 1 unspecified atom stereocenters. The van der Waals surface area contributed by atoms with Gasteiger partial charge in [-0.3, -0.25) is 4.98 Å². The molecule has 0 fully saturated rings. The van der Waals surface area contributed by atoms with Crippen LogP contribution in [0.1, 0.15) is 20.3 Å². The van der Waals surface area contributed by atoms with Crippen molar-refractivity contribution >= 4 is 10.9 Å². The van der Waals surface area contributed by atoms with Crippen molar-refractivity contribution in [3.8, 4) is 5.75 Å². The number of hydrogen-bond donors (Lipinski definition) is 1. The SMILES string of the molecule is CCC(C)(CNC)Oc1ccc2cccnc2c1. The molecule has 0 aliphatic rings. The van der Waals surface area contributed by atoms with Crippen LogP contribution in [0.15, 0.2) is 36.5 Å². The Bertz CT molecular complexity index is 527. The van der Waals surface area contributed by atoms with E-state index in [1.165, 1.54) is 0 Å². The molecule has 0 aliphatic heterocycles. The zero-order valence-electron chi connectivity index (χ0n) is 11.2. The fourth-order valence-electron chi connectivity index (χ4n) is 2.00. The van der Waals surface area contributed by atoms with E-state index in [1.807, 2.05) is 31.3 Å². The van der Waals surface area contributed by atoms with Crippen molar-refractivity contribution in [2.45, 2.75) is 25.9 Å². The number of nitrogens with one attached hydrogen (secondary N) is 1. The van der Waals surface area contributed by atoms with Crippen LogP contribution in [0.3, 0.4) is 0 Å². The Balaban J connectivity index is 2.26. The molecule has 0 spiro atoms. The van der Waals surface area contributed by atoms with Crippen LogP contribution in [0.2, 0.25) is 0 Å². The van der Waals surface area contributed by atoms with Crippen molar-refractivity contribution < 1.29 is 4.74 Å². The summed E-state index contributed by atoms with van der Waals surface area (Å²) in [5.74, 6) is 0.876. The Labute approximate surface area is 108 Å². The smallest absolute Gasteiger partial charge is 0.122 e. The van der Waals surface area contributed by atoms with Gasteiger partial charge in [-0.25, -0.2) is 0 Å². The second kappa shape index (κ2) is 5.36. The van der Waals surface area contributed by atoms with E-state index < -0.39 is 0 Å². The third-order valence-electron chi connectivity index (χ3n) is 3.24. The van der Waals surface area contributed by atoms with Crippen molar-refractivity contribution in [2.75, 3.05) is 13.6 Å². The van der Waals surface area contributed by atoms with E-state index in [1.54, 1.807) is 6.20 Å². The lowest BCUT2D eigenvalue weighted by molar-refractivity contribution is 0.0860. The summed E-state index contributed by atoms with van der Waals surface area (Å²) in [6, 6.07) is 10.1. The monoisotopic (exact) mass is 244 g/mol. The lowest BCUT2D eigenvalue weighted by Crippen LogP contribution is -2.41. The average Bonchev–Trinajstić information content (AvgIpc) is 2.39. The van der Waals surface area contributed by atoms with Gasteiger partial charge in [-0.15, -0.1) is 0 Å². The van der Waals surface area contributed by atoms with Gasteiger partial charge in [0.2, 0.25) is 0 Å². The van der Waals surface area contributed by atoms with E-state index in [9.17, 15) is 0 Å². The predicted molar refractivity (Wildman–Crippen MR) is 75.0 cm³/mol. The van der Waals surface area contributed by atoms with Gasteiger partial charge < -0.3 is 10.1 Å². The van der Waals surface area contributed by atoms with Crippen molar-refractivity contribution in [1.82, 2.24) is 10.3 Å². The summed E-state index contributed by atoms with van der Waals surface area (Å²) in [4.78, 5) is 4.35. The number of nitrogens with zero attached hydrogens (tertiary/aromatic N) is 1. The number of ether oxygens (including phenoxy) is 1. The second-order valence-corrected chi connectivity index (χ2v) is 4.79. The highest BCUT2D eigenvalue weighted by molar-refractivity contribution is 5.79. The molecule has 1 heterocycles. The standard InChI is InChI=1S/C15H20N2O/c1-4-15(2,11-16-3)18-13-8-7-12-6-5-9-17-14(12)10-13/h5-10,16H,4,11H2,1-3H3. The molecule has 0 radical (unpaired) electrons. The van der Waals surface area contributed by atoms with Gasteiger partial charge in [0.05, 0.1) is 5.52 Å². The maximum atomic E-state index is 6.10. The predicted octanol–water partition coefficient (Wildman–Crippen LogP) is 3.00. The summed E-state index contributed by atoms with van der Waals surface area (Å²) in [6.07, 6.45) is 2.76. The normalized spacial score (nSPS) is 14.4. The summed E-state index contributed by atoms with van der Waals surface area (Å²) < 4.78 is 6.10. The highest BCUT2D eigenvalue weighted by Crippen LogP contribution is 2.24. The zero-order valence-corrected chi connectivity index (χ0v) is 11.2. The first-order chi connectivity index (χ1) is 8.67. The van der Waals surface area contributed by atoms with Crippen LogP contribution in [0, 0.1) is 0 Å². The molecule has 1 aromatic heterocycles. The van der Waals surface area contributed by atoms with E-state index in [0.717, 1.165) is 29.6 Å². The first-order valence-corrected chi connectivity index (χ1v) is 6.35. The molecule has 0 amide bonds. The molecule has 2 rings (SSSR count). The lowest BCUT2D eigenvalue weighted by atomic mass is 10.0. The fourth-order valence-corrected chi connectivity index (χ4v) is 2.00. The van der Waals surface area contributed by atoms with Crippen LogP contribution in [-0.2, 0) is 0 Å². The summed E-state index contributed by atoms with van der Waals surface area (Å²) >= 11 is 0. The second-order valence-electron chi connectivity index (χ2n) is 4.79. The van der Waals surface area contributed by atoms with Crippen molar-refractivity contribution in [3.05, 3.63) is 36.5 Å². The minimum atomic E-state index is -0.183. The van der Waals surface area contributed by atoms with Gasteiger partial charge >= 0.3 is 0 Å². The molecule has 0 saturated heterocycles. The highest BCUT2D eigenvalue weighted by Gasteiger charge is 2.23. The molecule has 96 valence electrons. The van der Waals surface area contributed by atoms with Crippen molar-refractivity contribution in [1.29, 1.82) is 0 Å². The molecule has 2 aromatic rings. The van der Waals surface area contributed by atoms with Crippen LogP contribution < -0.4 is 10.1 Å². The molecule has 1 atom stereocenters. The molecule has 18 heavy (non-hydrogen) atoms. The van der Waals surface area contributed by atoms with E-state index in [-0.39, 0.29) is 5.60 Å². The minimum Gasteiger partial charge on any atom is -0.486 e. The number of rotatable bonds is 5. The summed E-state index contributed by atoms with van der Waals surface area (Å²) in [5.41, 5.74) is 0.787. The number of aromatic nitrogens is 1. The largest absolute Gasteiger partial charge is 0.486 e. The molecule has 0 aliphatic carbocycles. The summed E-state index contributed by atoms with van der Waals surface area (Å²) in [5, 5.41) is 4.31. The van der Waals surface area contributed by atoms with Gasteiger partial charge in [0.15, 0.2) is 0 Å². The first-order valence-electron chi connectivity index (χ1n) is 6.35. The number of hydrogen-bond acceptors (Lipinski definition) is 3. The summed E-state index contributed by atoms with van der Waals surface area (Å²) in [6.45, 7) is 5.08. The molecule has 3 heteroatoms. The van der Waals surface area contributed by atoms with Gasteiger partial charge in [0, 0.05) is 24.2 Å². The Hall–Kier alpha value is -1.61. The zero-order chi connectivity index (χ0) is 13.0. The molecule has 0 saturated carbocycles. The van der Waals surface area contributed by atoms with Gasteiger partial charge in [-0.2, -0.15) is 0 Å². The lowest BCUT2D eigenvalue weighted by Gasteiger charge is -2.29. The third-order valence-corrected chi connectivity index (χ3v) is 3.24. The van der Waals surface area contributed by atoms with E-state index in [4.69, 9.17) is 4.74 Å². The van der Waals surface area contributed by atoms with Gasteiger partial charge in [0.25, 0.3) is 0 Å². The minimum absolute atomic E-state index is 0.183. The Morgan fingerprint density at radius 1 is 1.33 bits per heavy atom. The van der Waals surface area contributed by atoms with Gasteiger partial charge in [-0.1, -0.05) is 13.0 Å². The molecule has 1 N–H and O–H groups in total. The first kappa shape index (κ1) is 12.8. The van der Waals surface area contributed by atoms with E-state index in [2.05, 4.69) is 30.2 Å². The Morgan fingerprint density at radius 2 is 2.17 bits per heavy atom. The van der Waals surface area contributed by atoms with Crippen LogP contribution >= 0.6 is 0 Å². The van der Waals surface area contributed by atoms with Crippen LogP contribution in [-0.4, -0.2) is 24.2 Å².